The molecule has 1 aromatic carbocycles. The van der Waals surface area contributed by atoms with Crippen LogP contribution in [0.25, 0.3) is 5.57 Å². The van der Waals surface area contributed by atoms with Gasteiger partial charge in [-0.25, -0.2) is 12.8 Å². The van der Waals surface area contributed by atoms with Gasteiger partial charge in [-0.2, -0.15) is 4.31 Å². The average Bonchev–Trinajstić information content (AvgIpc) is 3.25. The second kappa shape index (κ2) is 5.46. The molecule has 1 aliphatic rings. The summed E-state index contributed by atoms with van der Waals surface area (Å²) in [6.45, 7) is 1.70. The molecule has 0 amide bonds. The van der Waals surface area contributed by atoms with Crippen LogP contribution in [0.4, 0.5) is 4.39 Å². The number of hydrogen-bond donors (Lipinski definition) is 1. The van der Waals surface area contributed by atoms with Gasteiger partial charge >= 0.3 is 0 Å². The highest BCUT2D eigenvalue weighted by Gasteiger charge is 2.35. The standard InChI is InChI=1S/C14H17FN2O2S/c1-3-10(9-16)13-7-6-12(8-14(13)15)20(18,19)17(2)11-4-5-11/h3,6-9,11,16H,4-5H2,1-2H3/b10-3+,16-9?. The van der Waals surface area contributed by atoms with Crippen molar-refractivity contribution in [1.29, 1.82) is 5.41 Å². The fourth-order valence-corrected chi connectivity index (χ4v) is 3.44. The molecule has 0 unspecified atom stereocenters. The van der Waals surface area contributed by atoms with Gasteiger partial charge in [-0.15, -0.1) is 0 Å². The first kappa shape index (κ1) is 14.9. The zero-order valence-corrected chi connectivity index (χ0v) is 12.2. The molecule has 0 heterocycles. The fourth-order valence-electron chi connectivity index (χ4n) is 2.01. The minimum Gasteiger partial charge on any atom is -0.308 e. The van der Waals surface area contributed by atoms with Crippen molar-refractivity contribution in [2.45, 2.75) is 30.7 Å². The summed E-state index contributed by atoms with van der Waals surface area (Å²) in [5, 5.41) is 7.22. The van der Waals surface area contributed by atoms with Crippen molar-refractivity contribution < 1.29 is 12.8 Å². The predicted octanol–water partition coefficient (Wildman–Crippen LogP) is 2.66. The van der Waals surface area contributed by atoms with Crippen LogP contribution in [0.2, 0.25) is 0 Å². The Balaban J connectivity index is 2.41. The molecule has 0 atom stereocenters. The highest BCUT2D eigenvalue weighted by Crippen LogP contribution is 2.31. The lowest BCUT2D eigenvalue weighted by atomic mass is 10.1. The summed E-state index contributed by atoms with van der Waals surface area (Å²) >= 11 is 0. The lowest BCUT2D eigenvalue weighted by Crippen LogP contribution is -2.29. The maximum Gasteiger partial charge on any atom is 0.243 e. The van der Waals surface area contributed by atoms with E-state index in [9.17, 15) is 12.8 Å². The molecule has 0 aliphatic heterocycles. The Labute approximate surface area is 118 Å². The number of benzene rings is 1. The van der Waals surface area contributed by atoms with Crippen LogP contribution in [0, 0.1) is 11.2 Å². The summed E-state index contributed by atoms with van der Waals surface area (Å²) in [6, 6.07) is 3.86. The number of allylic oxidation sites excluding steroid dienone is 2. The Kier molecular flexibility index (Phi) is 4.06. The van der Waals surface area contributed by atoms with E-state index in [0.717, 1.165) is 25.1 Å². The molecule has 1 saturated carbocycles. The van der Waals surface area contributed by atoms with Gasteiger partial charge in [0.25, 0.3) is 0 Å². The van der Waals surface area contributed by atoms with Gasteiger partial charge < -0.3 is 5.41 Å². The van der Waals surface area contributed by atoms with E-state index in [0.29, 0.717) is 5.57 Å². The van der Waals surface area contributed by atoms with Crippen molar-refractivity contribution in [3.63, 3.8) is 0 Å². The lowest BCUT2D eigenvalue weighted by molar-refractivity contribution is 0.463. The van der Waals surface area contributed by atoms with E-state index < -0.39 is 15.8 Å². The monoisotopic (exact) mass is 296 g/mol. The molecule has 0 bridgehead atoms. The molecule has 0 saturated heterocycles. The number of nitrogens with zero attached hydrogens (tertiary/aromatic N) is 1. The van der Waals surface area contributed by atoms with Crippen LogP contribution in [-0.2, 0) is 10.0 Å². The Bertz CT molecular complexity index is 664. The zero-order valence-electron chi connectivity index (χ0n) is 11.4. The Morgan fingerprint density at radius 1 is 1.45 bits per heavy atom. The number of sulfonamides is 1. The quantitative estimate of drug-likeness (QED) is 0.849. The highest BCUT2D eigenvalue weighted by atomic mass is 32.2. The highest BCUT2D eigenvalue weighted by molar-refractivity contribution is 7.89. The maximum absolute atomic E-state index is 14.1. The van der Waals surface area contributed by atoms with Crippen molar-refractivity contribution in [3.8, 4) is 0 Å². The normalized spacial score (nSPS) is 16.5. The van der Waals surface area contributed by atoms with Gasteiger partial charge in [0.1, 0.15) is 5.82 Å². The van der Waals surface area contributed by atoms with Crippen molar-refractivity contribution >= 4 is 21.8 Å². The molecule has 0 radical (unpaired) electrons. The average molecular weight is 296 g/mol. The van der Waals surface area contributed by atoms with Gasteiger partial charge in [-0.1, -0.05) is 12.1 Å². The molecule has 1 fully saturated rings. The smallest absolute Gasteiger partial charge is 0.243 e. The van der Waals surface area contributed by atoms with Crippen LogP contribution in [0.1, 0.15) is 25.3 Å². The first-order valence-corrected chi connectivity index (χ1v) is 7.80. The molecule has 1 aliphatic carbocycles. The molecule has 4 nitrogen and oxygen atoms in total. The van der Waals surface area contributed by atoms with E-state index in [1.807, 2.05) is 0 Å². The number of halogens is 1. The molecule has 108 valence electrons. The van der Waals surface area contributed by atoms with E-state index >= 15 is 0 Å². The zero-order chi connectivity index (χ0) is 14.9. The Morgan fingerprint density at radius 2 is 2.10 bits per heavy atom. The summed E-state index contributed by atoms with van der Waals surface area (Å²) in [7, 11) is -2.12. The molecule has 2 rings (SSSR count). The van der Waals surface area contributed by atoms with Crippen LogP contribution < -0.4 is 0 Å². The third-order valence-corrected chi connectivity index (χ3v) is 5.36. The first-order valence-electron chi connectivity index (χ1n) is 6.36. The second-order valence-electron chi connectivity index (χ2n) is 4.78. The first-order chi connectivity index (χ1) is 9.41. The van der Waals surface area contributed by atoms with Crippen LogP contribution in [0.15, 0.2) is 29.2 Å². The minimum atomic E-state index is -3.64. The third kappa shape index (κ3) is 2.66. The van der Waals surface area contributed by atoms with E-state index in [1.54, 1.807) is 13.0 Å². The van der Waals surface area contributed by atoms with Gasteiger partial charge in [-0.05, 0) is 37.5 Å². The summed E-state index contributed by atoms with van der Waals surface area (Å²) in [6.07, 6.45) is 4.36. The third-order valence-electron chi connectivity index (χ3n) is 3.46. The molecular formula is C14H17FN2O2S. The summed E-state index contributed by atoms with van der Waals surface area (Å²) < 4.78 is 39.9. The van der Waals surface area contributed by atoms with Crippen molar-refractivity contribution in [2.24, 2.45) is 0 Å². The summed E-state index contributed by atoms with van der Waals surface area (Å²) in [4.78, 5) is -0.0476. The van der Waals surface area contributed by atoms with Gasteiger partial charge in [0, 0.05) is 24.9 Å². The molecule has 0 aromatic heterocycles. The molecular weight excluding hydrogens is 279 g/mol. The SMILES string of the molecule is C/C=C(\C=N)c1ccc(S(=O)(=O)N(C)C2CC2)cc1F. The number of hydrogen-bond acceptors (Lipinski definition) is 3. The van der Waals surface area contributed by atoms with Crippen molar-refractivity contribution in [2.75, 3.05) is 7.05 Å². The molecule has 6 heteroatoms. The fraction of sp³-hybridized carbons (Fsp3) is 0.357. The van der Waals surface area contributed by atoms with E-state index in [-0.39, 0.29) is 16.5 Å². The minimum absolute atomic E-state index is 0.0374. The molecule has 1 N–H and O–H groups in total. The van der Waals surface area contributed by atoms with E-state index in [2.05, 4.69) is 0 Å². The van der Waals surface area contributed by atoms with E-state index in [1.165, 1.54) is 23.5 Å². The lowest BCUT2D eigenvalue weighted by Gasteiger charge is -2.16. The number of nitrogens with one attached hydrogen (secondary N) is 1. The Morgan fingerprint density at radius 3 is 2.55 bits per heavy atom. The van der Waals surface area contributed by atoms with Crippen molar-refractivity contribution in [1.82, 2.24) is 4.31 Å². The number of rotatable bonds is 5. The molecule has 1 aromatic rings. The van der Waals surface area contributed by atoms with E-state index in [4.69, 9.17) is 5.41 Å². The second-order valence-corrected chi connectivity index (χ2v) is 6.78. The summed E-state index contributed by atoms with van der Waals surface area (Å²) in [5.41, 5.74) is 0.650. The Hall–Kier alpha value is -1.53. The molecule has 20 heavy (non-hydrogen) atoms. The molecule has 0 spiro atoms. The van der Waals surface area contributed by atoms with Gasteiger partial charge in [0.15, 0.2) is 0 Å². The van der Waals surface area contributed by atoms with Crippen LogP contribution in [-0.4, -0.2) is 32.0 Å². The van der Waals surface area contributed by atoms with Gasteiger partial charge in [0.2, 0.25) is 10.0 Å². The van der Waals surface area contributed by atoms with Crippen LogP contribution in [0.5, 0.6) is 0 Å². The van der Waals surface area contributed by atoms with Crippen LogP contribution >= 0.6 is 0 Å². The largest absolute Gasteiger partial charge is 0.308 e. The predicted molar refractivity (Wildman–Crippen MR) is 76.8 cm³/mol. The van der Waals surface area contributed by atoms with Gasteiger partial charge in [-0.3, -0.25) is 0 Å². The topological polar surface area (TPSA) is 61.2 Å². The summed E-state index contributed by atoms with van der Waals surface area (Å²) in [5.74, 6) is -0.633. The maximum atomic E-state index is 14.1. The van der Waals surface area contributed by atoms with Crippen molar-refractivity contribution in [3.05, 3.63) is 35.7 Å². The van der Waals surface area contributed by atoms with Crippen LogP contribution in [0.3, 0.4) is 0 Å². The van der Waals surface area contributed by atoms with Gasteiger partial charge in [0.05, 0.1) is 4.90 Å².